The number of fused-ring (bicyclic) bond motifs is 1. The molecule has 0 spiro atoms. The summed E-state index contributed by atoms with van der Waals surface area (Å²) in [6.07, 6.45) is -0.149. The highest BCUT2D eigenvalue weighted by molar-refractivity contribution is 6.33. The number of aromatic nitrogens is 1. The standard InChI is InChI=1S/C21H18ClFN2O5/c1-11-14(8-19(26)24-10-20(27)28)15-7-18(30-2)16(22)9-17(15)25(11)21(29)12-3-5-13(23)6-4-12/h3-7,9H,8,10H2,1-2H3,(H,24,26)(H,27,28). The van der Waals surface area contributed by atoms with E-state index < -0.39 is 30.1 Å². The lowest BCUT2D eigenvalue weighted by Crippen LogP contribution is -2.30. The van der Waals surface area contributed by atoms with Gasteiger partial charge in [0.05, 0.1) is 24.1 Å². The Bertz CT molecular complexity index is 1150. The Hall–Kier alpha value is -3.39. The maximum Gasteiger partial charge on any atom is 0.322 e. The zero-order chi connectivity index (χ0) is 22.0. The molecule has 30 heavy (non-hydrogen) atoms. The van der Waals surface area contributed by atoms with Crippen LogP contribution in [-0.4, -0.2) is 41.1 Å². The van der Waals surface area contributed by atoms with Crippen LogP contribution in [-0.2, 0) is 16.0 Å². The molecule has 1 heterocycles. The van der Waals surface area contributed by atoms with E-state index in [1.807, 2.05) is 0 Å². The molecule has 0 aliphatic rings. The van der Waals surface area contributed by atoms with Crippen molar-refractivity contribution in [1.82, 2.24) is 9.88 Å². The normalized spacial score (nSPS) is 10.8. The molecule has 0 fully saturated rings. The maximum atomic E-state index is 13.3. The number of rotatable bonds is 6. The van der Waals surface area contributed by atoms with Crippen LogP contribution in [0, 0.1) is 12.7 Å². The number of carbonyl (C=O) groups is 3. The summed E-state index contributed by atoms with van der Waals surface area (Å²) in [5, 5.41) is 11.9. The van der Waals surface area contributed by atoms with E-state index in [1.165, 1.54) is 35.9 Å². The van der Waals surface area contributed by atoms with Gasteiger partial charge in [-0.2, -0.15) is 0 Å². The van der Waals surface area contributed by atoms with E-state index in [4.69, 9.17) is 21.4 Å². The van der Waals surface area contributed by atoms with Gasteiger partial charge >= 0.3 is 5.97 Å². The first-order valence-electron chi connectivity index (χ1n) is 8.89. The van der Waals surface area contributed by atoms with Gasteiger partial charge in [-0.3, -0.25) is 19.0 Å². The van der Waals surface area contributed by atoms with Crippen molar-refractivity contribution in [3.8, 4) is 5.75 Å². The van der Waals surface area contributed by atoms with Crippen molar-refractivity contribution >= 4 is 40.3 Å². The predicted molar refractivity (Wildman–Crippen MR) is 109 cm³/mol. The molecule has 0 aliphatic carbocycles. The van der Waals surface area contributed by atoms with Crippen LogP contribution in [0.25, 0.3) is 10.9 Å². The second-order valence-corrected chi connectivity index (χ2v) is 6.97. The van der Waals surface area contributed by atoms with Gasteiger partial charge < -0.3 is 15.2 Å². The van der Waals surface area contributed by atoms with Crippen LogP contribution in [0.1, 0.15) is 21.6 Å². The molecule has 0 saturated carbocycles. The minimum absolute atomic E-state index is 0.149. The zero-order valence-corrected chi connectivity index (χ0v) is 16.9. The van der Waals surface area contributed by atoms with Crippen molar-refractivity contribution < 1.29 is 28.6 Å². The Morgan fingerprint density at radius 2 is 1.87 bits per heavy atom. The van der Waals surface area contributed by atoms with Crippen LogP contribution in [0.5, 0.6) is 5.75 Å². The Balaban J connectivity index is 2.14. The zero-order valence-electron chi connectivity index (χ0n) is 16.2. The third kappa shape index (κ3) is 4.13. The highest BCUT2D eigenvalue weighted by Gasteiger charge is 2.23. The lowest BCUT2D eigenvalue weighted by molar-refractivity contribution is -0.137. The van der Waals surface area contributed by atoms with Crippen molar-refractivity contribution in [1.29, 1.82) is 0 Å². The van der Waals surface area contributed by atoms with E-state index in [1.54, 1.807) is 19.1 Å². The summed E-state index contributed by atoms with van der Waals surface area (Å²) in [7, 11) is 1.44. The minimum atomic E-state index is -1.16. The lowest BCUT2D eigenvalue weighted by Gasteiger charge is -2.08. The third-order valence-corrected chi connectivity index (χ3v) is 4.97. The highest BCUT2D eigenvalue weighted by Crippen LogP contribution is 2.35. The lowest BCUT2D eigenvalue weighted by atomic mass is 10.1. The molecule has 9 heteroatoms. The van der Waals surface area contributed by atoms with E-state index in [0.29, 0.717) is 27.9 Å². The quantitative estimate of drug-likeness (QED) is 0.623. The van der Waals surface area contributed by atoms with Gasteiger partial charge in [0.2, 0.25) is 5.91 Å². The number of nitrogens with one attached hydrogen (secondary N) is 1. The summed E-state index contributed by atoms with van der Waals surface area (Å²) in [5.74, 6) is -2.20. The van der Waals surface area contributed by atoms with Gasteiger partial charge in [0.25, 0.3) is 5.91 Å². The van der Waals surface area contributed by atoms with Crippen LogP contribution in [0.3, 0.4) is 0 Å². The van der Waals surface area contributed by atoms with E-state index in [0.717, 1.165) is 0 Å². The molecular formula is C21H18ClFN2O5. The topological polar surface area (TPSA) is 97.6 Å². The van der Waals surface area contributed by atoms with Gasteiger partial charge in [0, 0.05) is 16.6 Å². The van der Waals surface area contributed by atoms with Crippen LogP contribution in [0.4, 0.5) is 4.39 Å². The average molecular weight is 433 g/mol. The second kappa shape index (κ2) is 8.54. The summed E-state index contributed by atoms with van der Waals surface area (Å²) < 4.78 is 19.9. The average Bonchev–Trinajstić information content (AvgIpc) is 2.96. The van der Waals surface area contributed by atoms with E-state index >= 15 is 0 Å². The van der Waals surface area contributed by atoms with Gasteiger partial charge in [0.1, 0.15) is 18.1 Å². The van der Waals surface area contributed by atoms with E-state index in [2.05, 4.69) is 5.32 Å². The fraction of sp³-hybridized carbons (Fsp3) is 0.190. The molecule has 0 saturated heterocycles. The SMILES string of the molecule is COc1cc2c(CC(=O)NCC(=O)O)c(C)n(C(=O)c3ccc(F)cc3)c2cc1Cl. The van der Waals surface area contributed by atoms with Gasteiger partial charge in [-0.25, -0.2) is 4.39 Å². The Morgan fingerprint density at radius 1 is 1.20 bits per heavy atom. The van der Waals surface area contributed by atoms with Crippen molar-refractivity contribution in [3.05, 3.63) is 64.1 Å². The number of benzene rings is 2. The van der Waals surface area contributed by atoms with Crippen molar-refractivity contribution in [2.24, 2.45) is 0 Å². The molecule has 3 rings (SSSR count). The molecule has 156 valence electrons. The molecule has 0 atom stereocenters. The van der Waals surface area contributed by atoms with Crippen LogP contribution in [0.2, 0.25) is 5.02 Å². The smallest absolute Gasteiger partial charge is 0.322 e. The largest absolute Gasteiger partial charge is 0.495 e. The van der Waals surface area contributed by atoms with Crippen molar-refractivity contribution in [3.63, 3.8) is 0 Å². The van der Waals surface area contributed by atoms with Crippen molar-refractivity contribution in [2.75, 3.05) is 13.7 Å². The molecule has 2 aromatic carbocycles. The molecule has 1 amide bonds. The molecule has 0 bridgehead atoms. The Kier molecular flexibility index (Phi) is 6.07. The summed E-state index contributed by atoms with van der Waals surface area (Å²) in [5.41, 5.74) is 1.71. The van der Waals surface area contributed by atoms with Crippen LogP contribution < -0.4 is 10.1 Å². The maximum absolute atomic E-state index is 13.3. The van der Waals surface area contributed by atoms with Crippen LogP contribution >= 0.6 is 11.6 Å². The van der Waals surface area contributed by atoms with E-state index in [-0.39, 0.29) is 17.0 Å². The van der Waals surface area contributed by atoms with Gasteiger partial charge in [-0.05, 0) is 48.9 Å². The summed E-state index contributed by atoms with van der Waals surface area (Å²) in [6.45, 7) is 1.15. The number of nitrogens with zero attached hydrogens (tertiary/aromatic N) is 1. The number of carboxylic acid groups (broad SMARTS) is 1. The fourth-order valence-electron chi connectivity index (χ4n) is 3.24. The summed E-state index contributed by atoms with van der Waals surface area (Å²) in [4.78, 5) is 36.1. The number of aliphatic carboxylic acids is 1. The van der Waals surface area contributed by atoms with E-state index in [9.17, 15) is 18.8 Å². The predicted octanol–water partition coefficient (Wildman–Crippen LogP) is 3.18. The Morgan fingerprint density at radius 3 is 2.47 bits per heavy atom. The molecular weight excluding hydrogens is 415 g/mol. The minimum Gasteiger partial charge on any atom is -0.495 e. The number of ether oxygens (including phenoxy) is 1. The van der Waals surface area contributed by atoms with Gasteiger partial charge in [-0.15, -0.1) is 0 Å². The first-order chi connectivity index (χ1) is 14.2. The van der Waals surface area contributed by atoms with Gasteiger partial charge in [-0.1, -0.05) is 11.6 Å². The highest BCUT2D eigenvalue weighted by atomic mass is 35.5. The molecule has 0 radical (unpaired) electrons. The number of hydrogen-bond acceptors (Lipinski definition) is 4. The summed E-state index contributed by atoms with van der Waals surface area (Å²) >= 11 is 6.25. The summed E-state index contributed by atoms with van der Waals surface area (Å²) in [6, 6.07) is 8.29. The Labute approximate surface area is 176 Å². The number of carboxylic acids is 1. The number of hydrogen-bond donors (Lipinski definition) is 2. The number of amides is 1. The second-order valence-electron chi connectivity index (χ2n) is 6.56. The third-order valence-electron chi connectivity index (χ3n) is 4.68. The number of halogens is 2. The molecule has 7 nitrogen and oxygen atoms in total. The van der Waals surface area contributed by atoms with Crippen LogP contribution in [0.15, 0.2) is 36.4 Å². The number of methoxy groups -OCH3 is 1. The first kappa shape index (κ1) is 21.3. The molecule has 2 N–H and O–H groups in total. The molecule has 0 unspecified atom stereocenters. The molecule has 0 aliphatic heterocycles. The fourth-order valence-corrected chi connectivity index (χ4v) is 3.48. The van der Waals surface area contributed by atoms with Crippen molar-refractivity contribution in [2.45, 2.75) is 13.3 Å². The molecule has 3 aromatic rings. The van der Waals surface area contributed by atoms with Gasteiger partial charge in [0.15, 0.2) is 0 Å². The molecule has 1 aromatic heterocycles. The monoisotopic (exact) mass is 432 g/mol. The number of carbonyl (C=O) groups excluding carboxylic acids is 2. The first-order valence-corrected chi connectivity index (χ1v) is 9.27.